The Kier molecular flexibility index (Phi) is 3.89. The Balaban J connectivity index is 2.24. The molecule has 0 amide bonds. The molecule has 2 rings (SSSR count). The number of nitrogens with zero attached hydrogens (tertiary/aromatic N) is 1. The molecule has 0 aliphatic carbocycles. The second-order valence-electron chi connectivity index (χ2n) is 3.96. The molecular weight excluding hydrogens is 230 g/mol. The van der Waals surface area contributed by atoms with Gasteiger partial charge in [0.2, 0.25) is 0 Å². The summed E-state index contributed by atoms with van der Waals surface area (Å²) >= 11 is 0. The molecule has 4 nitrogen and oxygen atoms in total. The summed E-state index contributed by atoms with van der Waals surface area (Å²) in [6, 6.07) is 9.45. The van der Waals surface area contributed by atoms with E-state index < -0.39 is 12.1 Å². The van der Waals surface area contributed by atoms with E-state index in [2.05, 4.69) is 4.98 Å². The highest BCUT2D eigenvalue weighted by atomic mass is 16.5. The van der Waals surface area contributed by atoms with Crippen molar-refractivity contribution in [1.29, 1.82) is 0 Å². The zero-order chi connectivity index (χ0) is 13.0. The lowest BCUT2D eigenvalue weighted by molar-refractivity contribution is -0.152. The zero-order valence-electron chi connectivity index (χ0n) is 10.2. The molecule has 1 aromatic carbocycles. The van der Waals surface area contributed by atoms with Crippen molar-refractivity contribution in [3.8, 4) is 0 Å². The molecule has 0 aliphatic heterocycles. The fourth-order valence-electron chi connectivity index (χ4n) is 1.86. The van der Waals surface area contributed by atoms with Gasteiger partial charge in [0, 0.05) is 18.0 Å². The molecule has 0 bridgehead atoms. The number of aliphatic hydroxyl groups excluding tert-OH is 1. The molecule has 18 heavy (non-hydrogen) atoms. The molecule has 0 radical (unpaired) electrons. The van der Waals surface area contributed by atoms with Gasteiger partial charge in [-0.1, -0.05) is 18.2 Å². The van der Waals surface area contributed by atoms with Crippen molar-refractivity contribution >= 4 is 16.9 Å². The van der Waals surface area contributed by atoms with Crippen molar-refractivity contribution in [2.75, 3.05) is 6.61 Å². The third-order valence-electron chi connectivity index (χ3n) is 2.71. The summed E-state index contributed by atoms with van der Waals surface area (Å²) in [5, 5.41) is 10.7. The van der Waals surface area contributed by atoms with Crippen molar-refractivity contribution in [3.63, 3.8) is 0 Å². The standard InChI is InChI=1S/C14H15NO3/c1-2-18-14(17)13(16)9-10-7-8-15-12-6-4-3-5-11(10)12/h3-8,13,16H,2,9H2,1H3. The molecule has 0 saturated carbocycles. The van der Waals surface area contributed by atoms with Crippen molar-refractivity contribution in [2.45, 2.75) is 19.4 Å². The molecule has 0 fully saturated rings. The molecular formula is C14H15NO3. The first-order valence-electron chi connectivity index (χ1n) is 5.89. The van der Waals surface area contributed by atoms with Gasteiger partial charge in [0.05, 0.1) is 12.1 Å². The molecule has 0 saturated heterocycles. The van der Waals surface area contributed by atoms with Crippen LogP contribution in [-0.2, 0) is 16.0 Å². The van der Waals surface area contributed by atoms with Crippen LogP contribution in [0.15, 0.2) is 36.5 Å². The van der Waals surface area contributed by atoms with Gasteiger partial charge in [0.1, 0.15) is 0 Å². The van der Waals surface area contributed by atoms with Gasteiger partial charge in [-0.25, -0.2) is 4.79 Å². The molecule has 0 aliphatic rings. The Morgan fingerprint density at radius 2 is 2.17 bits per heavy atom. The monoisotopic (exact) mass is 245 g/mol. The minimum absolute atomic E-state index is 0.238. The van der Waals surface area contributed by atoms with Gasteiger partial charge >= 0.3 is 5.97 Å². The first kappa shape index (κ1) is 12.5. The lowest BCUT2D eigenvalue weighted by atomic mass is 10.0. The summed E-state index contributed by atoms with van der Waals surface area (Å²) < 4.78 is 4.78. The van der Waals surface area contributed by atoms with Gasteiger partial charge < -0.3 is 9.84 Å². The maximum absolute atomic E-state index is 11.4. The van der Waals surface area contributed by atoms with Crippen molar-refractivity contribution < 1.29 is 14.6 Å². The smallest absolute Gasteiger partial charge is 0.335 e. The number of hydrogen-bond acceptors (Lipinski definition) is 4. The Morgan fingerprint density at radius 1 is 1.39 bits per heavy atom. The number of rotatable bonds is 4. The first-order chi connectivity index (χ1) is 8.72. The van der Waals surface area contributed by atoms with Crippen LogP contribution in [0.1, 0.15) is 12.5 Å². The zero-order valence-corrected chi connectivity index (χ0v) is 10.2. The van der Waals surface area contributed by atoms with Crippen molar-refractivity contribution in [2.24, 2.45) is 0 Å². The van der Waals surface area contributed by atoms with Gasteiger partial charge in [0.15, 0.2) is 6.10 Å². The minimum Gasteiger partial charge on any atom is -0.464 e. The average molecular weight is 245 g/mol. The van der Waals surface area contributed by atoms with Crippen LogP contribution in [0.5, 0.6) is 0 Å². The van der Waals surface area contributed by atoms with Crippen molar-refractivity contribution in [3.05, 3.63) is 42.1 Å². The van der Waals surface area contributed by atoms with Gasteiger partial charge in [-0.3, -0.25) is 4.98 Å². The number of para-hydroxylation sites is 1. The van der Waals surface area contributed by atoms with E-state index in [1.807, 2.05) is 30.3 Å². The predicted molar refractivity (Wildman–Crippen MR) is 68.1 cm³/mol. The molecule has 94 valence electrons. The number of ether oxygens (including phenoxy) is 1. The first-order valence-corrected chi connectivity index (χ1v) is 5.89. The number of aromatic nitrogens is 1. The van der Waals surface area contributed by atoms with Crippen LogP contribution in [0.3, 0.4) is 0 Å². The Morgan fingerprint density at radius 3 is 2.94 bits per heavy atom. The average Bonchev–Trinajstić information content (AvgIpc) is 2.39. The Bertz CT molecular complexity index is 548. The number of carbonyl (C=O) groups excluding carboxylic acids is 1. The Labute approximate surface area is 105 Å². The second-order valence-corrected chi connectivity index (χ2v) is 3.96. The molecule has 1 unspecified atom stereocenters. The molecule has 4 heteroatoms. The number of aliphatic hydroxyl groups is 1. The number of benzene rings is 1. The van der Waals surface area contributed by atoms with Gasteiger partial charge in [-0.05, 0) is 24.6 Å². The quantitative estimate of drug-likeness (QED) is 0.833. The highest BCUT2D eigenvalue weighted by Crippen LogP contribution is 2.17. The van der Waals surface area contributed by atoms with Crippen molar-refractivity contribution in [1.82, 2.24) is 4.98 Å². The van der Waals surface area contributed by atoms with Crippen LogP contribution in [0.25, 0.3) is 10.9 Å². The second kappa shape index (κ2) is 5.60. The third kappa shape index (κ3) is 2.65. The van der Waals surface area contributed by atoms with E-state index >= 15 is 0 Å². The molecule has 1 aromatic heterocycles. The van der Waals surface area contributed by atoms with E-state index in [9.17, 15) is 9.90 Å². The van der Waals surface area contributed by atoms with Gasteiger partial charge in [-0.15, -0.1) is 0 Å². The summed E-state index contributed by atoms with van der Waals surface area (Å²) in [5.74, 6) is -0.585. The maximum atomic E-state index is 11.4. The summed E-state index contributed by atoms with van der Waals surface area (Å²) in [4.78, 5) is 15.6. The Hall–Kier alpha value is -1.94. The normalized spacial score (nSPS) is 12.3. The number of fused-ring (bicyclic) bond motifs is 1. The molecule has 1 heterocycles. The van der Waals surface area contributed by atoms with E-state index in [1.165, 1.54) is 0 Å². The molecule has 1 atom stereocenters. The predicted octanol–water partition coefficient (Wildman–Crippen LogP) is 1.70. The lowest BCUT2D eigenvalue weighted by Gasteiger charge is -2.11. The molecule has 0 spiro atoms. The lowest BCUT2D eigenvalue weighted by Crippen LogP contribution is -2.25. The van der Waals surface area contributed by atoms with Crippen LogP contribution in [-0.4, -0.2) is 28.8 Å². The van der Waals surface area contributed by atoms with Crippen LogP contribution in [0.4, 0.5) is 0 Å². The fourth-order valence-corrected chi connectivity index (χ4v) is 1.86. The maximum Gasteiger partial charge on any atom is 0.335 e. The SMILES string of the molecule is CCOC(=O)C(O)Cc1ccnc2ccccc12. The summed E-state index contributed by atoms with van der Waals surface area (Å²) in [6.07, 6.45) is 0.785. The van der Waals surface area contributed by atoms with Crippen LogP contribution in [0, 0.1) is 0 Å². The van der Waals surface area contributed by atoms with E-state index in [4.69, 9.17) is 4.74 Å². The van der Waals surface area contributed by atoms with Gasteiger partial charge in [0.25, 0.3) is 0 Å². The van der Waals surface area contributed by atoms with Crippen LogP contribution >= 0.6 is 0 Å². The summed E-state index contributed by atoms with van der Waals surface area (Å²) in [7, 11) is 0. The summed E-state index contributed by atoms with van der Waals surface area (Å²) in [6.45, 7) is 1.99. The van der Waals surface area contributed by atoms with Crippen LogP contribution < -0.4 is 0 Å². The molecule has 1 N–H and O–H groups in total. The minimum atomic E-state index is -1.13. The number of carbonyl (C=O) groups is 1. The molecule has 2 aromatic rings. The van der Waals surface area contributed by atoms with Gasteiger partial charge in [-0.2, -0.15) is 0 Å². The van der Waals surface area contributed by atoms with E-state index in [-0.39, 0.29) is 13.0 Å². The largest absolute Gasteiger partial charge is 0.464 e. The van der Waals surface area contributed by atoms with Crippen LogP contribution in [0.2, 0.25) is 0 Å². The van der Waals surface area contributed by atoms with E-state index in [1.54, 1.807) is 13.1 Å². The summed E-state index contributed by atoms with van der Waals surface area (Å²) in [5.41, 5.74) is 1.74. The fraction of sp³-hybridized carbons (Fsp3) is 0.286. The number of pyridine rings is 1. The number of esters is 1. The highest BCUT2D eigenvalue weighted by Gasteiger charge is 2.17. The highest BCUT2D eigenvalue weighted by molar-refractivity contribution is 5.83. The van der Waals surface area contributed by atoms with E-state index in [0.29, 0.717) is 0 Å². The number of hydrogen-bond donors (Lipinski definition) is 1. The van der Waals surface area contributed by atoms with E-state index in [0.717, 1.165) is 16.5 Å². The topological polar surface area (TPSA) is 59.4 Å². The third-order valence-corrected chi connectivity index (χ3v) is 2.71.